The van der Waals surface area contributed by atoms with E-state index in [0.29, 0.717) is 16.5 Å². The SMILES string of the molecule is CCC(CC#N)NS(=O)(=O)c1cc(Br)c(C)c(C(=O)O)c1. The Labute approximate surface area is 132 Å². The molecule has 0 aliphatic heterocycles. The lowest BCUT2D eigenvalue weighted by Gasteiger charge is -2.15. The lowest BCUT2D eigenvalue weighted by Crippen LogP contribution is -2.34. The fourth-order valence-electron chi connectivity index (χ4n) is 1.70. The molecule has 21 heavy (non-hydrogen) atoms. The van der Waals surface area contributed by atoms with Gasteiger partial charge >= 0.3 is 5.97 Å². The third-order valence-corrected chi connectivity index (χ3v) is 5.33. The summed E-state index contributed by atoms with van der Waals surface area (Å²) in [5, 5.41) is 17.8. The van der Waals surface area contributed by atoms with Gasteiger partial charge < -0.3 is 5.11 Å². The third-order valence-electron chi connectivity index (χ3n) is 3.01. The van der Waals surface area contributed by atoms with E-state index in [1.165, 1.54) is 6.07 Å². The summed E-state index contributed by atoms with van der Waals surface area (Å²) in [5.74, 6) is -1.20. The number of nitrogens with one attached hydrogen (secondary N) is 1. The predicted octanol–water partition coefficient (Wildman–Crippen LogP) is 2.43. The van der Waals surface area contributed by atoms with E-state index in [9.17, 15) is 13.2 Å². The Morgan fingerprint density at radius 1 is 1.52 bits per heavy atom. The first-order valence-corrected chi connectivity index (χ1v) is 8.43. The molecule has 6 nitrogen and oxygen atoms in total. The zero-order valence-electron chi connectivity index (χ0n) is 11.6. The maximum absolute atomic E-state index is 12.3. The fourth-order valence-corrected chi connectivity index (χ4v) is 3.68. The van der Waals surface area contributed by atoms with Crippen LogP contribution in [0.15, 0.2) is 21.5 Å². The van der Waals surface area contributed by atoms with Gasteiger partial charge in [0.2, 0.25) is 10.0 Å². The molecule has 1 atom stereocenters. The molecule has 0 fully saturated rings. The van der Waals surface area contributed by atoms with Gasteiger partial charge in [0, 0.05) is 10.5 Å². The van der Waals surface area contributed by atoms with Crippen LogP contribution in [-0.4, -0.2) is 25.5 Å². The molecule has 114 valence electrons. The molecule has 8 heteroatoms. The Morgan fingerprint density at radius 2 is 2.14 bits per heavy atom. The molecular weight excluding hydrogens is 360 g/mol. The highest BCUT2D eigenvalue weighted by atomic mass is 79.9. The number of nitriles is 1. The maximum Gasteiger partial charge on any atom is 0.336 e. The number of carbonyl (C=O) groups is 1. The van der Waals surface area contributed by atoms with Crippen molar-refractivity contribution in [1.29, 1.82) is 5.26 Å². The van der Waals surface area contributed by atoms with Crippen molar-refractivity contribution in [2.75, 3.05) is 0 Å². The largest absolute Gasteiger partial charge is 0.478 e. The second-order valence-electron chi connectivity index (χ2n) is 4.47. The molecule has 1 aromatic rings. The van der Waals surface area contributed by atoms with Crippen LogP contribution in [0.3, 0.4) is 0 Å². The van der Waals surface area contributed by atoms with Crippen LogP contribution in [0.25, 0.3) is 0 Å². The van der Waals surface area contributed by atoms with Gasteiger partial charge in [0.1, 0.15) is 0 Å². The molecule has 1 unspecified atom stereocenters. The van der Waals surface area contributed by atoms with Gasteiger partial charge in [-0.05, 0) is 31.0 Å². The number of hydrogen-bond acceptors (Lipinski definition) is 4. The van der Waals surface area contributed by atoms with Gasteiger partial charge in [-0.2, -0.15) is 5.26 Å². The van der Waals surface area contributed by atoms with E-state index < -0.39 is 22.0 Å². The van der Waals surface area contributed by atoms with E-state index in [2.05, 4.69) is 20.7 Å². The van der Waals surface area contributed by atoms with Crippen LogP contribution in [0.4, 0.5) is 0 Å². The monoisotopic (exact) mass is 374 g/mol. The van der Waals surface area contributed by atoms with Crippen molar-refractivity contribution in [3.63, 3.8) is 0 Å². The third kappa shape index (κ3) is 4.27. The van der Waals surface area contributed by atoms with Gasteiger partial charge in [-0.3, -0.25) is 0 Å². The van der Waals surface area contributed by atoms with Gasteiger partial charge in [-0.25, -0.2) is 17.9 Å². The van der Waals surface area contributed by atoms with Crippen LogP contribution >= 0.6 is 15.9 Å². The quantitative estimate of drug-likeness (QED) is 0.794. The molecule has 0 spiro atoms. The number of carboxylic acid groups (broad SMARTS) is 1. The molecule has 0 heterocycles. The maximum atomic E-state index is 12.3. The van der Waals surface area contributed by atoms with Crippen LogP contribution in [0.2, 0.25) is 0 Å². The molecule has 1 aromatic carbocycles. The van der Waals surface area contributed by atoms with Gasteiger partial charge in [-0.1, -0.05) is 22.9 Å². The van der Waals surface area contributed by atoms with Gasteiger partial charge in [0.25, 0.3) is 0 Å². The molecular formula is C13H15BrN2O4S. The number of halogens is 1. The molecule has 1 rings (SSSR count). The number of hydrogen-bond donors (Lipinski definition) is 2. The molecule has 0 aliphatic rings. The van der Waals surface area contributed by atoms with Crippen LogP contribution < -0.4 is 4.72 Å². The predicted molar refractivity (Wildman–Crippen MR) is 80.5 cm³/mol. The molecule has 0 amide bonds. The van der Waals surface area contributed by atoms with Crippen molar-refractivity contribution in [2.45, 2.75) is 37.6 Å². The van der Waals surface area contributed by atoms with Crippen molar-refractivity contribution < 1.29 is 18.3 Å². The van der Waals surface area contributed by atoms with Crippen molar-refractivity contribution in [1.82, 2.24) is 4.72 Å². The number of carboxylic acids is 1. The first kappa shape index (κ1) is 17.6. The van der Waals surface area contributed by atoms with Gasteiger partial charge in [0.05, 0.1) is 22.9 Å². The molecule has 0 bridgehead atoms. The van der Waals surface area contributed by atoms with E-state index in [1.807, 2.05) is 6.07 Å². The zero-order valence-corrected chi connectivity index (χ0v) is 14.0. The van der Waals surface area contributed by atoms with Gasteiger partial charge in [-0.15, -0.1) is 0 Å². The second kappa shape index (κ2) is 7.02. The van der Waals surface area contributed by atoms with E-state index in [-0.39, 0.29) is 16.9 Å². The first-order chi connectivity index (χ1) is 9.72. The Bertz CT molecular complexity index is 695. The van der Waals surface area contributed by atoms with Crippen LogP contribution in [0.1, 0.15) is 35.7 Å². The lowest BCUT2D eigenvalue weighted by atomic mass is 10.1. The summed E-state index contributed by atoms with van der Waals surface area (Å²) in [6.45, 7) is 3.35. The minimum absolute atomic E-state index is 0.0501. The number of benzene rings is 1. The average molecular weight is 375 g/mol. The van der Waals surface area contributed by atoms with Crippen LogP contribution in [-0.2, 0) is 10.0 Å². The van der Waals surface area contributed by atoms with Crippen LogP contribution in [0.5, 0.6) is 0 Å². The van der Waals surface area contributed by atoms with E-state index in [1.54, 1.807) is 13.8 Å². The summed E-state index contributed by atoms with van der Waals surface area (Å²) in [4.78, 5) is 11.0. The highest BCUT2D eigenvalue weighted by molar-refractivity contribution is 9.10. The highest BCUT2D eigenvalue weighted by Gasteiger charge is 2.22. The van der Waals surface area contributed by atoms with Crippen LogP contribution in [0, 0.1) is 18.3 Å². The molecule has 0 saturated carbocycles. The lowest BCUT2D eigenvalue weighted by molar-refractivity contribution is 0.0695. The minimum atomic E-state index is -3.88. The van der Waals surface area contributed by atoms with Crippen molar-refractivity contribution in [2.24, 2.45) is 0 Å². The fraction of sp³-hybridized carbons (Fsp3) is 0.385. The number of aromatic carboxylic acids is 1. The summed E-state index contributed by atoms with van der Waals surface area (Å²) < 4.78 is 27.4. The molecule has 0 aliphatic carbocycles. The molecule has 0 radical (unpaired) electrons. The van der Waals surface area contributed by atoms with Crippen molar-refractivity contribution >= 4 is 31.9 Å². The second-order valence-corrected chi connectivity index (χ2v) is 7.04. The number of sulfonamides is 1. The topological polar surface area (TPSA) is 107 Å². The first-order valence-electron chi connectivity index (χ1n) is 6.15. The Kier molecular flexibility index (Phi) is 5.89. The molecule has 2 N–H and O–H groups in total. The Morgan fingerprint density at radius 3 is 2.62 bits per heavy atom. The smallest absolute Gasteiger partial charge is 0.336 e. The summed E-state index contributed by atoms with van der Waals surface area (Å²) in [6.07, 6.45) is 0.514. The highest BCUT2D eigenvalue weighted by Crippen LogP contribution is 2.25. The normalized spacial score (nSPS) is 12.7. The van der Waals surface area contributed by atoms with Crippen molar-refractivity contribution in [3.8, 4) is 6.07 Å². The Hall–Kier alpha value is -1.43. The number of rotatable bonds is 6. The van der Waals surface area contributed by atoms with Gasteiger partial charge in [0.15, 0.2) is 0 Å². The molecule has 0 saturated heterocycles. The minimum Gasteiger partial charge on any atom is -0.478 e. The summed E-state index contributed by atoms with van der Waals surface area (Å²) >= 11 is 3.16. The summed E-state index contributed by atoms with van der Waals surface area (Å²) in [5.41, 5.74) is 0.364. The standard InChI is InChI=1S/C13H15BrN2O4S/c1-3-9(4-5-15)16-21(19,20)10-6-11(13(17)18)8(2)12(14)7-10/h6-7,9,16H,3-4H2,1-2H3,(H,17,18). The number of nitrogens with zero attached hydrogens (tertiary/aromatic N) is 1. The zero-order chi connectivity index (χ0) is 16.2. The average Bonchev–Trinajstić information content (AvgIpc) is 2.40. The summed E-state index contributed by atoms with van der Waals surface area (Å²) in [6, 6.07) is 3.87. The van der Waals surface area contributed by atoms with E-state index in [0.717, 1.165) is 6.07 Å². The molecule has 0 aromatic heterocycles. The Balaban J connectivity index is 3.26. The van der Waals surface area contributed by atoms with E-state index in [4.69, 9.17) is 10.4 Å². The summed E-state index contributed by atoms with van der Waals surface area (Å²) in [7, 11) is -3.88. The van der Waals surface area contributed by atoms with E-state index >= 15 is 0 Å². The van der Waals surface area contributed by atoms with Crippen molar-refractivity contribution in [3.05, 3.63) is 27.7 Å².